The van der Waals surface area contributed by atoms with Crippen LogP contribution in [0.25, 0.3) is 0 Å². The number of aromatic hydroxyl groups is 3. The number of methoxy groups -OCH3 is 1. The van der Waals surface area contributed by atoms with Gasteiger partial charge in [-0.05, 0) is 77.1 Å². The van der Waals surface area contributed by atoms with Crippen LogP contribution in [-0.4, -0.2) is 33.5 Å². The second-order valence-corrected chi connectivity index (χ2v) is 7.23. The molecule has 1 atom stereocenters. The summed E-state index contributed by atoms with van der Waals surface area (Å²) in [5.74, 6) is -3.35. The van der Waals surface area contributed by atoms with Gasteiger partial charge in [0.2, 0.25) is 0 Å². The molecule has 0 spiro atoms. The van der Waals surface area contributed by atoms with E-state index in [0.717, 1.165) is 6.07 Å². The van der Waals surface area contributed by atoms with Gasteiger partial charge >= 0.3 is 5.97 Å². The van der Waals surface area contributed by atoms with Gasteiger partial charge in [-0.2, -0.15) is 0 Å². The second kappa shape index (κ2) is 7.20. The number of carboxylic acid groups (broad SMARTS) is 1. The number of hydrogen-bond acceptors (Lipinski definition) is 5. The lowest BCUT2D eigenvalue weighted by atomic mass is 9.91. The van der Waals surface area contributed by atoms with Gasteiger partial charge in [0, 0.05) is 4.47 Å². The molecule has 4 N–H and O–H groups in total. The Hall–Kier alpha value is -1.45. The van der Waals surface area contributed by atoms with Gasteiger partial charge in [0.15, 0.2) is 23.0 Å². The van der Waals surface area contributed by atoms with Gasteiger partial charge in [0.05, 0.1) is 16.1 Å². The van der Waals surface area contributed by atoms with Crippen LogP contribution in [-0.2, 0) is 4.79 Å². The average Bonchev–Trinajstić information content (AvgIpc) is 2.50. The topological polar surface area (TPSA) is 107 Å². The summed E-state index contributed by atoms with van der Waals surface area (Å²) in [6.45, 7) is 0. The number of ether oxygens (including phenoxy) is 1. The molecule has 0 fully saturated rings. The molecule has 2 aromatic carbocycles. The monoisotopic (exact) mass is 524 g/mol. The van der Waals surface area contributed by atoms with Gasteiger partial charge in [0.1, 0.15) is 5.92 Å². The fourth-order valence-corrected chi connectivity index (χ4v) is 3.85. The lowest BCUT2D eigenvalue weighted by Gasteiger charge is -2.18. The van der Waals surface area contributed by atoms with E-state index in [-0.39, 0.29) is 31.6 Å². The predicted molar refractivity (Wildman–Crippen MR) is 97.0 cm³/mol. The molecule has 0 aliphatic rings. The standard InChI is InChI=1S/C15H11Br3O6/c1-24-14-7(16)2-5(3-9(14)20)10(15(22)23)6-4-8(19)13(21)12(18)11(6)17/h2-4,10,19-21H,1H3,(H,22,23). The Labute approximate surface area is 162 Å². The van der Waals surface area contributed by atoms with Gasteiger partial charge in [-0.1, -0.05) is 0 Å². The zero-order chi connectivity index (χ0) is 18.2. The van der Waals surface area contributed by atoms with Crippen LogP contribution in [0.4, 0.5) is 0 Å². The maximum Gasteiger partial charge on any atom is 0.315 e. The Morgan fingerprint density at radius 3 is 2.17 bits per heavy atom. The van der Waals surface area contributed by atoms with Gasteiger partial charge in [-0.25, -0.2) is 0 Å². The lowest BCUT2D eigenvalue weighted by molar-refractivity contribution is -0.137. The van der Waals surface area contributed by atoms with E-state index in [0.29, 0.717) is 4.47 Å². The summed E-state index contributed by atoms with van der Waals surface area (Å²) >= 11 is 9.53. The number of hydrogen-bond donors (Lipinski definition) is 4. The van der Waals surface area contributed by atoms with Gasteiger partial charge in [-0.3, -0.25) is 4.79 Å². The van der Waals surface area contributed by atoms with E-state index in [2.05, 4.69) is 47.8 Å². The van der Waals surface area contributed by atoms with Crippen LogP contribution in [0.15, 0.2) is 31.6 Å². The fourth-order valence-electron chi connectivity index (χ4n) is 2.26. The molecule has 9 heteroatoms. The first kappa shape index (κ1) is 18.9. The van der Waals surface area contributed by atoms with Crippen molar-refractivity contribution in [3.05, 3.63) is 42.7 Å². The first-order chi connectivity index (χ1) is 11.2. The summed E-state index contributed by atoms with van der Waals surface area (Å²) in [4.78, 5) is 11.8. The summed E-state index contributed by atoms with van der Waals surface area (Å²) in [5.41, 5.74) is 0.450. The van der Waals surface area contributed by atoms with E-state index in [1.807, 2.05) is 0 Å². The van der Waals surface area contributed by atoms with Crippen LogP contribution in [0.1, 0.15) is 17.0 Å². The molecule has 1 unspecified atom stereocenters. The van der Waals surface area contributed by atoms with Crippen molar-refractivity contribution in [2.24, 2.45) is 0 Å². The van der Waals surface area contributed by atoms with Crippen molar-refractivity contribution in [1.29, 1.82) is 0 Å². The Morgan fingerprint density at radius 2 is 1.67 bits per heavy atom. The van der Waals surface area contributed by atoms with Gasteiger partial charge in [0.25, 0.3) is 0 Å². The van der Waals surface area contributed by atoms with E-state index in [9.17, 15) is 25.2 Å². The van der Waals surface area contributed by atoms with Gasteiger partial charge < -0.3 is 25.2 Å². The molecule has 0 heterocycles. The summed E-state index contributed by atoms with van der Waals surface area (Å²) in [6, 6.07) is 3.92. The van der Waals surface area contributed by atoms with E-state index in [4.69, 9.17) is 4.74 Å². The molecule has 6 nitrogen and oxygen atoms in total. The SMILES string of the molecule is COc1c(O)cc(C(C(=O)O)c2cc(O)c(O)c(Br)c2Br)cc1Br. The highest BCUT2D eigenvalue weighted by Crippen LogP contribution is 2.46. The van der Waals surface area contributed by atoms with Crippen molar-refractivity contribution in [2.45, 2.75) is 5.92 Å². The van der Waals surface area contributed by atoms with Crippen molar-refractivity contribution in [2.75, 3.05) is 7.11 Å². The fraction of sp³-hybridized carbons (Fsp3) is 0.133. The largest absolute Gasteiger partial charge is 0.504 e. The molecular weight excluding hydrogens is 516 g/mol. The molecule has 2 rings (SSSR count). The maximum absolute atomic E-state index is 11.8. The van der Waals surface area contributed by atoms with Crippen LogP contribution in [0.2, 0.25) is 0 Å². The molecule has 0 radical (unpaired) electrons. The van der Waals surface area contributed by atoms with E-state index >= 15 is 0 Å². The van der Waals surface area contributed by atoms with Crippen LogP contribution in [0, 0.1) is 0 Å². The van der Waals surface area contributed by atoms with Crippen LogP contribution < -0.4 is 4.74 Å². The van der Waals surface area contributed by atoms with E-state index in [1.165, 1.54) is 19.2 Å². The molecule has 0 aliphatic carbocycles. The Balaban J connectivity index is 2.71. The molecule has 0 aromatic heterocycles. The van der Waals surface area contributed by atoms with Crippen molar-refractivity contribution in [3.63, 3.8) is 0 Å². The highest BCUT2D eigenvalue weighted by Gasteiger charge is 2.29. The number of carbonyl (C=O) groups is 1. The third-order valence-corrected chi connectivity index (χ3v) is 6.08. The minimum absolute atomic E-state index is 0.126. The number of carboxylic acids is 1. The molecule has 2 aromatic rings. The zero-order valence-electron chi connectivity index (χ0n) is 12.0. The van der Waals surface area contributed by atoms with Crippen molar-refractivity contribution in [1.82, 2.24) is 0 Å². The minimum atomic E-state index is -1.21. The average molecular weight is 527 g/mol. The maximum atomic E-state index is 11.8. The Morgan fingerprint density at radius 1 is 1.04 bits per heavy atom. The number of phenolic OH excluding ortho intramolecular Hbond substituents is 3. The third kappa shape index (κ3) is 3.33. The molecule has 128 valence electrons. The van der Waals surface area contributed by atoms with Crippen molar-refractivity contribution < 1.29 is 30.0 Å². The number of halogens is 3. The molecule has 0 saturated carbocycles. The first-order valence-corrected chi connectivity index (χ1v) is 8.75. The van der Waals surface area contributed by atoms with Gasteiger partial charge in [-0.15, -0.1) is 0 Å². The molecular formula is C15H11Br3O6. The highest BCUT2D eigenvalue weighted by molar-refractivity contribution is 9.13. The smallest absolute Gasteiger partial charge is 0.315 e. The number of aliphatic carboxylic acids is 1. The molecule has 0 saturated heterocycles. The third-order valence-electron chi connectivity index (χ3n) is 3.33. The summed E-state index contributed by atoms with van der Waals surface area (Å²) in [5, 5.41) is 39.2. The van der Waals surface area contributed by atoms with Crippen molar-refractivity contribution >= 4 is 53.8 Å². The van der Waals surface area contributed by atoms with Crippen LogP contribution >= 0.6 is 47.8 Å². The van der Waals surface area contributed by atoms with Crippen LogP contribution in [0.5, 0.6) is 23.0 Å². The normalized spacial score (nSPS) is 12.0. The number of benzene rings is 2. The summed E-state index contributed by atoms with van der Waals surface area (Å²) < 4.78 is 5.80. The molecule has 0 aliphatic heterocycles. The predicted octanol–water partition coefficient (Wildman–Crippen LogP) is 4.32. The number of phenols is 3. The van der Waals surface area contributed by atoms with E-state index in [1.54, 1.807) is 0 Å². The first-order valence-electron chi connectivity index (χ1n) is 6.38. The lowest BCUT2D eigenvalue weighted by Crippen LogP contribution is -2.14. The molecule has 24 heavy (non-hydrogen) atoms. The highest BCUT2D eigenvalue weighted by atomic mass is 79.9. The van der Waals surface area contributed by atoms with Crippen molar-refractivity contribution in [3.8, 4) is 23.0 Å². The minimum Gasteiger partial charge on any atom is -0.504 e. The summed E-state index contributed by atoms with van der Waals surface area (Å²) in [6.07, 6.45) is 0. The Bertz CT molecular complexity index is 798. The quantitative estimate of drug-likeness (QED) is 0.442. The summed E-state index contributed by atoms with van der Waals surface area (Å²) in [7, 11) is 1.37. The second-order valence-electron chi connectivity index (χ2n) is 4.79. The number of rotatable bonds is 4. The Kier molecular flexibility index (Phi) is 5.67. The molecule has 0 amide bonds. The van der Waals surface area contributed by atoms with Crippen LogP contribution in [0.3, 0.4) is 0 Å². The molecule has 0 bridgehead atoms. The van der Waals surface area contributed by atoms with E-state index < -0.39 is 23.4 Å². The zero-order valence-corrected chi connectivity index (χ0v) is 16.8.